The predicted octanol–water partition coefficient (Wildman–Crippen LogP) is 5.13. The molecule has 0 amide bonds. The van der Waals surface area contributed by atoms with Crippen molar-refractivity contribution >= 4 is 22.2 Å². The summed E-state index contributed by atoms with van der Waals surface area (Å²) in [4.78, 5) is 6.29. The SMILES string of the molecule is Cc1csc(CC(C)(C)c2ccc3ccccc3n2)c1. The molecule has 0 radical (unpaired) electrons. The third-order valence-corrected chi connectivity index (χ3v) is 4.75. The van der Waals surface area contributed by atoms with Crippen molar-refractivity contribution in [3.8, 4) is 0 Å². The first-order chi connectivity index (χ1) is 9.54. The highest BCUT2D eigenvalue weighted by atomic mass is 32.1. The maximum Gasteiger partial charge on any atom is 0.0705 e. The molecule has 3 rings (SSSR count). The molecule has 20 heavy (non-hydrogen) atoms. The second kappa shape index (κ2) is 5.02. The Hall–Kier alpha value is -1.67. The monoisotopic (exact) mass is 281 g/mol. The number of hydrogen-bond acceptors (Lipinski definition) is 2. The van der Waals surface area contributed by atoms with Crippen molar-refractivity contribution in [2.24, 2.45) is 0 Å². The molecular weight excluding hydrogens is 262 g/mol. The largest absolute Gasteiger partial charge is 0.252 e. The minimum absolute atomic E-state index is 0.0569. The van der Waals surface area contributed by atoms with Crippen LogP contribution in [0.25, 0.3) is 10.9 Å². The lowest BCUT2D eigenvalue weighted by molar-refractivity contribution is 0.511. The molecule has 0 atom stereocenters. The Bertz CT molecular complexity index is 740. The van der Waals surface area contributed by atoms with Crippen LogP contribution in [0.2, 0.25) is 0 Å². The molecule has 0 spiro atoms. The highest BCUT2D eigenvalue weighted by Crippen LogP contribution is 2.30. The zero-order valence-electron chi connectivity index (χ0n) is 12.2. The minimum Gasteiger partial charge on any atom is -0.252 e. The fourth-order valence-corrected chi connectivity index (χ4v) is 3.66. The lowest BCUT2D eigenvalue weighted by Crippen LogP contribution is -2.21. The third-order valence-electron chi connectivity index (χ3n) is 3.69. The van der Waals surface area contributed by atoms with Crippen LogP contribution in [0, 0.1) is 6.92 Å². The van der Waals surface area contributed by atoms with E-state index in [0.29, 0.717) is 0 Å². The Kier molecular flexibility index (Phi) is 3.35. The highest BCUT2D eigenvalue weighted by Gasteiger charge is 2.23. The van der Waals surface area contributed by atoms with Crippen LogP contribution < -0.4 is 0 Å². The number of nitrogens with zero attached hydrogens (tertiary/aromatic N) is 1. The fraction of sp³-hybridized carbons (Fsp3) is 0.278. The van der Waals surface area contributed by atoms with Crippen LogP contribution in [0.3, 0.4) is 0 Å². The molecule has 2 heterocycles. The van der Waals surface area contributed by atoms with E-state index >= 15 is 0 Å². The molecule has 102 valence electrons. The van der Waals surface area contributed by atoms with Gasteiger partial charge in [0.25, 0.3) is 0 Å². The molecule has 0 aliphatic heterocycles. The van der Waals surface area contributed by atoms with Gasteiger partial charge in [-0.3, -0.25) is 4.98 Å². The van der Waals surface area contributed by atoms with E-state index in [1.165, 1.54) is 21.5 Å². The number of pyridine rings is 1. The molecule has 0 aliphatic rings. The van der Waals surface area contributed by atoms with E-state index in [2.05, 4.69) is 68.6 Å². The van der Waals surface area contributed by atoms with Crippen LogP contribution in [-0.4, -0.2) is 4.98 Å². The maximum absolute atomic E-state index is 4.85. The van der Waals surface area contributed by atoms with Gasteiger partial charge in [0.15, 0.2) is 0 Å². The van der Waals surface area contributed by atoms with E-state index in [0.717, 1.165) is 11.9 Å². The molecule has 0 bridgehead atoms. The molecule has 0 saturated heterocycles. The number of fused-ring (bicyclic) bond motifs is 1. The van der Waals surface area contributed by atoms with Crippen molar-refractivity contribution in [3.63, 3.8) is 0 Å². The first-order valence-corrected chi connectivity index (χ1v) is 7.83. The first-order valence-electron chi connectivity index (χ1n) is 6.95. The molecule has 0 N–H and O–H groups in total. The van der Waals surface area contributed by atoms with Gasteiger partial charge in [-0.2, -0.15) is 0 Å². The van der Waals surface area contributed by atoms with Gasteiger partial charge in [0.2, 0.25) is 0 Å². The molecule has 2 heteroatoms. The summed E-state index contributed by atoms with van der Waals surface area (Å²) in [5.41, 5.74) is 3.66. The van der Waals surface area contributed by atoms with Gasteiger partial charge < -0.3 is 0 Å². The summed E-state index contributed by atoms with van der Waals surface area (Å²) in [6.45, 7) is 6.71. The number of aryl methyl sites for hydroxylation is 1. The molecule has 3 aromatic rings. The summed E-state index contributed by atoms with van der Waals surface area (Å²) in [6, 6.07) is 14.9. The number of aromatic nitrogens is 1. The summed E-state index contributed by atoms with van der Waals surface area (Å²) in [6.07, 6.45) is 1.04. The van der Waals surface area contributed by atoms with Crippen molar-refractivity contribution in [3.05, 3.63) is 64.0 Å². The zero-order chi connectivity index (χ0) is 14.2. The van der Waals surface area contributed by atoms with Crippen LogP contribution in [-0.2, 0) is 11.8 Å². The number of para-hydroxylation sites is 1. The van der Waals surface area contributed by atoms with E-state index in [4.69, 9.17) is 4.98 Å². The predicted molar refractivity (Wildman–Crippen MR) is 87.5 cm³/mol. The molecule has 1 aromatic carbocycles. The summed E-state index contributed by atoms with van der Waals surface area (Å²) in [5.74, 6) is 0. The Morgan fingerprint density at radius 2 is 1.90 bits per heavy atom. The van der Waals surface area contributed by atoms with Gasteiger partial charge in [-0.15, -0.1) is 11.3 Å². The van der Waals surface area contributed by atoms with Gasteiger partial charge in [-0.05, 0) is 42.5 Å². The number of rotatable bonds is 3. The van der Waals surface area contributed by atoms with Crippen molar-refractivity contribution in [1.29, 1.82) is 0 Å². The molecule has 2 aromatic heterocycles. The maximum atomic E-state index is 4.85. The smallest absolute Gasteiger partial charge is 0.0705 e. The van der Waals surface area contributed by atoms with Gasteiger partial charge in [0.1, 0.15) is 0 Å². The first kappa shape index (κ1) is 13.3. The van der Waals surface area contributed by atoms with Crippen LogP contribution >= 0.6 is 11.3 Å². The standard InChI is InChI=1S/C18H19NS/c1-13-10-15(20-12-13)11-18(2,3)17-9-8-14-6-4-5-7-16(14)19-17/h4-10,12H,11H2,1-3H3. The van der Waals surface area contributed by atoms with Crippen LogP contribution in [0.5, 0.6) is 0 Å². The molecule has 1 nitrogen and oxygen atoms in total. The molecule has 0 aliphatic carbocycles. The van der Waals surface area contributed by atoms with E-state index in [1.54, 1.807) is 0 Å². The lowest BCUT2D eigenvalue weighted by Gasteiger charge is -2.23. The Morgan fingerprint density at radius 3 is 2.65 bits per heavy atom. The number of benzene rings is 1. The molecule has 0 unspecified atom stereocenters. The zero-order valence-corrected chi connectivity index (χ0v) is 13.0. The van der Waals surface area contributed by atoms with Crippen molar-refractivity contribution in [1.82, 2.24) is 4.98 Å². The topological polar surface area (TPSA) is 12.9 Å². The average molecular weight is 281 g/mol. The number of thiophene rings is 1. The van der Waals surface area contributed by atoms with Crippen LogP contribution in [0.15, 0.2) is 47.8 Å². The Morgan fingerprint density at radius 1 is 1.10 bits per heavy atom. The van der Waals surface area contributed by atoms with Gasteiger partial charge in [-0.1, -0.05) is 38.1 Å². The second-order valence-electron chi connectivity index (χ2n) is 6.04. The van der Waals surface area contributed by atoms with E-state index < -0.39 is 0 Å². The van der Waals surface area contributed by atoms with E-state index in [1.807, 2.05) is 11.3 Å². The normalized spacial score (nSPS) is 11.9. The van der Waals surface area contributed by atoms with Gasteiger partial charge in [0, 0.05) is 21.4 Å². The second-order valence-corrected chi connectivity index (χ2v) is 7.04. The van der Waals surface area contributed by atoms with Crippen LogP contribution in [0.4, 0.5) is 0 Å². The minimum atomic E-state index is 0.0569. The average Bonchev–Trinajstić information content (AvgIpc) is 2.83. The summed E-state index contributed by atoms with van der Waals surface area (Å²) < 4.78 is 0. The van der Waals surface area contributed by atoms with Gasteiger partial charge in [-0.25, -0.2) is 0 Å². The quantitative estimate of drug-likeness (QED) is 0.649. The fourth-order valence-electron chi connectivity index (χ4n) is 2.55. The molecular formula is C18H19NS. The van der Waals surface area contributed by atoms with Crippen molar-refractivity contribution < 1.29 is 0 Å². The van der Waals surface area contributed by atoms with E-state index in [-0.39, 0.29) is 5.41 Å². The van der Waals surface area contributed by atoms with Crippen molar-refractivity contribution in [2.45, 2.75) is 32.6 Å². The third kappa shape index (κ3) is 2.61. The van der Waals surface area contributed by atoms with Gasteiger partial charge in [0.05, 0.1) is 5.52 Å². The Balaban J connectivity index is 1.95. The number of hydrogen-bond donors (Lipinski definition) is 0. The van der Waals surface area contributed by atoms with E-state index in [9.17, 15) is 0 Å². The summed E-state index contributed by atoms with van der Waals surface area (Å²) in [5, 5.41) is 3.43. The molecule has 0 fully saturated rings. The van der Waals surface area contributed by atoms with Crippen molar-refractivity contribution in [2.75, 3.05) is 0 Å². The highest BCUT2D eigenvalue weighted by molar-refractivity contribution is 7.10. The molecule has 0 saturated carbocycles. The Labute approximate surface area is 124 Å². The summed E-state index contributed by atoms with van der Waals surface area (Å²) >= 11 is 1.85. The van der Waals surface area contributed by atoms with Gasteiger partial charge >= 0.3 is 0 Å². The summed E-state index contributed by atoms with van der Waals surface area (Å²) in [7, 11) is 0. The van der Waals surface area contributed by atoms with Crippen LogP contribution in [0.1, 0.15) is 30.0 Å². The lowest BCUT2D eigenvalue weighted by atomic mass is 9.84.